The molecule has 0 radical (unpaired) electrons. The molecule has 1 atom stereocenters. The number of hydrogen-bond donors (Lipinski definition) is 3. The first kappa shape index (κ1) is 22.5. The number of ether oxygens (including phenoxy) is 1. The van der Waals surface area contributed by atoms with Crippen LogP contribution in [0.1, 0.15) is 39.2 Å². The van der Waals surface area contributed by atoms with Gasteiger partial charge < -0.3 is 15.4 Å². The lowest BCUT2D eigenvalue weighted by Crippen LogP contribution is -2.36. The van der Waals surface area contributed by atoms with Gasteiger partial charge in [0.05, 0.1) is 11.6 Å². The normalized spacial score (nSPS) is 12.9. The first-order valence-electron chi connectivity index (χ1n) is 8.09. The molecule has 1 aromatic rings. The molecule has 0 saturated carbocycles. The molecule has 0 spiro atoms. The molecule has 0 heterocycles. The molecule has 27 heavy (non-hydrogen) atoms. The maximum Gasteiger partial charge on any atom is 0.412 e. The molecule has 1 aromatic carbocycles. The van der Waals surface area contributed by atoms with E-state index >= 15 is 0 Å². The van der Waals surface area contributed by atoms with Crippen LogP contribution in [0.2, 0.25) is 0 Å². The van der Waals surface area contributed by atoms with Crippen LogP contribution in [0.15, 0.2) is 12.1 Å². The smallest absolute Gasteiger partial charge is 0.412 e. The van der Waals surface area contributed by atoms with Crippen molar-refractivity contribution in [3.05, 3.63) is 23.5 Å². The predicted octanol–water partition coefficient (Wildman–Crippen LogP) is 4.00. The number of anilines is 2. The van der Waals surface area contributed by atoms with Gasteiger partial charge in [0.15, 0.2) is 0 Å². The van der Waals surface area contributed by atoms with Crippen LogP contribution in [0.3, 0.4) is 0 Å². The highest BCUT2D eigenvalue weighted by Gasteiger charge is 2.30. The van der Waals surface area contributed by atoms with Crippen molar-refractivity contribution < 1.29 is 31.9 Å². The Morgan fingerprint density at radius 3 is 2.22 bits per heavy atom. The Morgan fingerprint density at radius 1 is 1.15 bits per heavy atom. The zero-order valence-corrected chi connectivity index (χ0v) is 15.7. The average Bonchev–Trinajstić information content (AvgIpc) is 2.50. The predicted molar refractivity (Wildman–Crippen MR) is 93.3 cm³/mol. The van der Waals surface area contributed by atoms with Crippen molar-refractivity contribution >= 4 is 23.4 Å². The Bertz CT molecular complexity index is 700. The fraction of sp³-hybridized carbons (Fsp3) is 0.529. The van der Waals surface area contributed by atoms with Crippen molar-refractivity contribution in [2.75, 3.05) is 24.2 Å². The molecule has 0 bridgehead atoms. The summed E-state index contributed by atoms with van der Waals surface area (Å²) in [5.74, 6) is -2.82. The number of carbonyl (C=O) groups is 2. The van der Waals surface area contributed by atoms with Crippen molar-refractivity contribution in [1.29, 1.82) is 0 Å². The van der Waals surface area contributed by atoms with Gasteiger partial charge in [0, 0.05) is 12.7 Å². The van der Waals surface area contributed by atoms with E-state index in [2.05, 4.69) is 10.6 Å². The van der Waals surface area contributed by atoms with Crippen molar-refractivity contribution in [2.24, 2.45) is 0 Å². The van der Waals surface area contributed by atoms with Crippen molar-refractivity contribution in [1.82, 2.24) is 5.32 Å². The SMILES string of the molecule is CNc1cc(NC(=O)OC(C)(C)C)c(F)cc1[C@@H](C)C(=O)NCC(F)(F)F. The summed E-state index contributed by atoms with van der Waals surface area (Å²) in [5, 5.41) is 6.75. The molecule has 2 amide bonds. The van der Waals surface area contributed by atoms with Crippen LogP contribution in [0.5, 0.6) is 0 Å². The third-order valence-corrected chi connectivity index (χ3v) is 3.37. The Kier molecular flexibility index (Phi) is 7.05. The minimum Gasteiger partial charge on any atom is -0.444 e. The summed E-state index contributed by atoms with van der Waals surface area (Å²) in [6.45, 7) is 4.80. The van der Waals surface area contributed by atoms with Gasteiger partial charge in [0.1, 0.15) is 18.0 Å². The molecule has 0 aliphatic carbocycles. The van der Waals surface area contributed by atoms with Gasteiger partial charge in [-0.25, -0.2) is 9.18 Å². The van der Waals surface area contributed by atoms with Crippen LogP contribution >= 0.6 is 0 Å². The van der Waals surface area contributed by atoms with Crippen LogP contribution in [-0.4, -0.2) is 37.4 Å². The molecule has 0 saturated heterocycles. The van der Waals surface area contributed by atoms with Crippen LogP contribution in [0, 0.1) is 5.82 Å². The van der Waals surface area contributed by atoms with E-state index in [1.54, 1.807) is 26.1 Å². The average molecular weight is 393 g/mol. The summed E-state index contributed by atoms with van der Waals surface area (Å²) < 4.78 is 56.1. The van der Waals surface area contributed by atoms with E-state index < -0.39 is 42.1 Å². The van der Waals surface area contributed by atoms with Crippen molar-refractivity contribution in [3.63, 3.8) is 0 Å². The second kappa shape index (κ2) is 8.45. The highest BCUT2D eigenvalue weighted by Crippen LogP contribution is 2.30. The van der Waals surface area contributed by atoms with Gasteiger partial charge in [0.2, 0.25) is 5.91 Å². The molecular formula is C17H23F4N3O3. The van der Waals surface area contributed by atoms with Gasteiger partial charge in [-0.2, -0.15) is 13.2 Å². The number of nitrogens with one attached hydrogen (secondary N) is 3. The number of rotatable bonds is 5. The van der Waals surface area contributed by atoms with E-state index in [0.29, 0.717) is 0 Å². The van der Waals surface area contributed by atoms with Gasteiger partial charge in [-0.05, 0) is 45.4 Å². The van der Waals surface area contributed by atoms with Gasteiger partial charge in [-0.3, -0.25) is 10.1 Å². The largest absolute Gasteiger partial charge is 0.444 e. The van der Waals surface area contributed by atoms with Crippen LogP contribution < -0.4 is 16.0 Å². The van der Waals surface area contributed by atoms with E-state index in [1.807, 2.05) is 0 Å². The lowest BCUT2D eigenvalue weighted by Gasteiger charge is -2.21. The molecule has 0 aliphatic rings. The standard InChI is InChI=1S/C17H23F4N3O3/c1-9(14(25)23-8-17(19,20)21)10-6-11(18)13(7-12(10)22-5)24-15(26)27-16(2,3)4/h6-7,9,22H,8H2,1-5H3,(H,23,25)(H,24,26)/t9-/m1/s1. The summed E-state index contributed by atoms with van der Waals surface area (Å²) in [6, 6.07) is 2.22. The maximum absolute atomic E-state index is 14.3. The number of amides is 2. The number of alkyl halides is 3. The highest BCUT2D eigenvalue weighted by molar-refractivity contribution is 5.88. The van der Waals surface area contributed by atoms with Crippen LogP contribution in [0.4, 0.5) is 33.7 Å². The second-order valence-electron chi connectivity index (χ2n) is 6.85. The third-order valence-electron chi connectivity index (χ3n) is 3.37. The number of carbonyl (C=O) groups excluding carboxylic acids is 2. The topological polar surface area (TPSA) is 79.5 Å². The van der Waals surface area contributed by atoms with Crippen LogP contribution in [-0.2, 0) is 9.53 Å². The number of hydrogen-bond acceptors (Lipinski definition) is 4. The fourth-order valence-electron chi connectivity index (χ4n) is 2.15. The Labute approximate surface area is 154 Å². The van der Waals surface area contributed by atoms with E-state index in [-0.39, 0.29) is 16.9 Å². The Balaban J connectivity index is 3.02. The molecule has 1 rings (SSSR count). The zero-order chi connectivity index (χ0) is 21.0. The van der Waals surface area contributed by atoms with Gasteiger partial charge in [-0.15, -0.1) is 0 Å². The molecule has 0 aliphatic heterocycles. The Morgan fingerprint density at radius 2 is 1.74 bits per heavy atom. The van der Waals surface area contributed by atoms with E-state index in [1.165, 1.54) is 20.0 Å². The number of benzene rings is 1. The van der Waals surface area contributed by atoms with Crippen molar-refractivity contribution in [3.8, 4) is 0 Å². The third kappa shape index (κ3) is 7.32. The summed E-state index contributed by atoms with van der Waals surface area (Å²) in [4.78, 5) is 23.7. The van der Waals surface area contributed by atoms with Gasteiger partial charge in [0.25, 0.3) is 0 Å². The molecule has 6 nitrogen and oxygen atoms in total. The van der Waals surface area contributed by atoms with Gasteiger partial charge in [-0.1, -0.05) is 0 Å². The summed E-state index contributed by atoms with van der Waals surface area (Å²) in [6.07, 6.45) is -5.42. The van der Waals surface area contributed by atoms with E-state index in [0.717, 1.165) is 6.07 Å². The van der Waals surface area contributed by atoms with E-state index in [4.69, 9.17) is 4.74 Å². The molecule has 0 unspecified atom stereocenters. The number of halogens is 4. The minimum atomic E-state index is -4.55. The highest BCUT2D eigenvalue weighted by atomic mass is 19.4. The lowest BCUT2D eigenvalue weighted by atomic mass is 9.97. The molecule has 0 aromatic heterocycles. The minimum absolute atomic E-state index is 0.143. The molecule has 3 N–H and O–H groups in total. The Hall–Kier alpha value is -2.52. The molecule has 152 valence electrons. The first-order valence-corrected chi connectivity index (χ1v) is 8.09. The quantitative estimate of drug-likeness (QED) is 0.661. The molecule has 10 heteroatoms. The van der Waals surface area contributed by atoms with Crippen LogP contribution in [0.25, 0.3) is 0 Å². The molecular weight excluding hydrogens is 370 g/mol. The van der Waals surface area contributed by atoms with Gasteiger partial charge >= 0.3 is 12.3 Å². The van der Waals surface area contributed by atoms with E-state index in [9.17, 15) is 27.2 Å². The summed E-state index contributed by atoms with van der Waals surface area (Å²) in [7, 11) is 1.49. The monoisotopic (exact) mass is 393 g/mol. The summed E-state index contributed by atoms with van der Waals surface area (Å²) >= 11 is 0. The lowest BCUT2D eigenvalue weighted by molar-refractivity contribution is -0.139. The zero-order valence-electron chi connectivity index (χ0n) is 15.7. The second-order valence-corrected chi connectivity index (χ2v) is 6.85. The molecule has 0 fully saturated rings. The first-order chi connectivity index (χ1) is 12.2. The fourth-order valence-corrected chi connectivity index (χ4v) is 2.15. The van der Waals surface area contributed by atoms with Crippen molar-refractivity contribution in [2.45, 2.75) is 45.4 Å². The summed E-state index contributed by atoms with van der Waals surface area (Å²) in [5.41, 5.74) is -0.556. The maximum atomic E-state index is 14.3.